The molecule has 0 heterocycles. The molecule has 0 aromatic heterocycles. The highest BCUT2D eigenvalue weighted by Gasteiger charge is 2.33. The van der Waals surface area contributed by atoms with Gasteiger partial charge in [0, 0.05) is 0 Å². The summed E-state index contributed by atoms with van der Waals surface area (Å²) in [6.45, 7) is 9.16. The number of nitrogens with two attached hydrogens (primary N) is 1. The largest absolute Gasteiger partial charge is 0.319 e. The van der Waals surface area contributed by atoms with Crippen LogP contribution in [-0.2, 0) is 0 Å². The number of rotatable bonds is 1. The molecule has 0 aliphatic heterocycles. The van der Waals surface area contributed by atoms with Crippen LogP contribution in [0.15, 0.2) is 35.5 Å². The minimum Gasteiger partial charge on any atom is -0.319 e. The van der Waals surface area contributed by atoms with Crippen LogP contribution >= 0.6 is 0 Å². The van der Waals surface area contributed by atoms with E-state index < -0.39 is 0 Å². The monoisotopic (exact) mass is 231 g/mol. The van der Waals surface area contributed by atoms with Crippen molar-refractivity contribution in [3.05, 3.63) is 35.5 Å². The molecule has 0 saturated heterocycles. The molecule has 0 aromatic rings. The zero-order valence-corrected chi connectivity index (χ0v) is 11.6. The van der Waals surface area contributed by atoms with Crippen LogP contribution in [-0.4, -0.2) is 5.54 Å². The van der Waals surface area contributed by atoms with Crippen molar-refractivity contribution in [2.75, 3.05) is 0 Å². The highest BCUT2D eigenvalue weighted by Crippen LogP contribution is 2.45. The lowest BCUT2D eigenvalue weighted by Gasteiger charge is -2.38. The molecule has 1 heteroatoms. The molecule has 0 radical (unpaired) electrons. The molecule has 0 bridgehead atoms. The third-order valence-electron chi connectivity index (χ3n) is 4.65. The van der Waals surface area contributed by atoms with Crippen LogP contribution in [0.5, 0.6) is 0 Å². The lowest BCUT2D eigenvalue weighted by Crippen LogP contribution is -2.30. The van der Waals surface area contributed by atoms with Crippen molar-refractivity contribution in [1.82, 2.24) is 0 Å². The molecular formula is C16H25N. The second-order valence-corrected chi connectivity index (χ2v) is 6.57. The maximum absolute atomic E-state index is 6.16. The Hall–Kier alpha value is -0.820. The molecule has 2 rings (SSSR count). The van der Waals surface area contributed by atoms with Crippen molar-refractivity contribution in [2.24, 2.45) is 17.1 Å². The van der Waals surface area contributed by atoms with Crippen molar-refractivity contribution in [1.29, 1.82) is 0 Å². The Bertz CT molecular complexity index is 396. The fourth-order valence-corrected chi connectivity index (χ4v) is 2.68. The standard InChI is InChI=1S/C16H25N/c1-12(2)15(3)8-5-13-6-9-16(4,17)10-7-14(13)11-15/h6-7,9-10,12H,5,8,11,17H2,1-4H3. The number of hydrogen-bond donors (Lipinski definition) is 1. The average molecular weight is 231 g/mol. The van der Waals surface area contributed by atoms with Crippen molar-refractivity contribution >= 4 is 0 Å². The minimum absolute atomic E-state index is 0.286. The Labute approximate surface area is 105 Å². The van der Waals surface area contributed by atoms with Crippen LogP contribution in [0, 0.1) is 11.3 Å². The lowest BCUT2D eigenvalue weighted by molar-refractivity contribution is 0.190. The summed E-state index contributed by atoms with van der Waals surface area (Å²) in [6.07, 6.45) is 12.5. The Morgan fingerprint density at radius 2 is 1.71 bits per heavy atom. The molecule has 2 N–H and O–H groups in total. The highest BCUT2D eigenvalue weighted by molar-refractivity contribution is 5.42. The van der Waals surface area contributed by atoms with Crippen LogP contribution in [0.25, 0.3) is 0 Å². The van der Waals surface area contributed by atoms with Gasteiger partial charge in [-0.25, -0.2) is 0 Å². The van der Waals surface area contributed by atoms with Crippen molar-refractivity contribution in [3.8, 4) is 0 Å². The van der Waals surface area contributed by atoms with E-state index in [1.807, 2.05) is 0 Å². The Morgan fingerprint density at radius 1 is 1.12 bits per heavy atom. The highest BCUT2D eigenvalue weighted by atomic mass is 14.7. The summed E-state index contributed by atoms with van der Waals surface area (Å²) in [5.41, 5.74) is 9.32. The molecule has 0 aromatic carbocycles. The zero-order chi connectivity index (χ0) is 12.7. The van der Waals surface area contributed by atoms with Gasteiger partial charge in [-0.3, -0.25) is 0 Å². The first-order valence-electron chi connectivity index (χ1n) is 6.72. The summed E-state index contributed by atoms with van der Waals surface area (Å²) in [4.78, 5) is 0. The van der Waals surface area contributed by atoms with E-state index >= 15 is 0 Å². The summed E-state index contributed by atoms with van der Waals surface area (Å²) in [7, 11) is 0. The van der Waals surface area contributed by atoms with E-state index in [0.29, 0.717) is 5.41 Å². The summed E-state index contributed by atoms with van der Waals surface area (Å²) in [5, 5.41) is 0. The van der Waals surface area contributed by atoms with Gasteiger partial charge < -0.3 is 5.73 Å². The van der Waals surface area contributed by atoms with Gasteiger partial charge in [0.15, 0.2) is 0 Å². The van der Waals surface area contributed by atoms with Gasteiger partial charge in [-0.2, -0.15) is 0 Å². The molecule has 2 aliphatic rings. The molecule has 2 unspecified atom stereocenters. The van der Waals surface area contributed by atoms with Gasteiger partial charge in [-0.15, -0.1) is 0 Å². The quantitative estimate of drug-likeness (QED) is 0.726. The van der Waals surface area contributed by atoms with Gasteiger partial charge in [-0.1, -0.05) is 45.1 Å². The molecule has 0 saturated carbocycles. The van der Waals surface area contributed by atoms with Gasteiger partial charge in [0.2, 0.25) is 0 Å². The molecular weight excluding hydrogens is 206 g/mol. The van der Waals surface area contributed by atoms with E-state index in [1.54, 1.807) is 0 Å². The van der Waals surface area contributed by atoms with Crippen molar-refractivity contribution in [2.45, 2.75) is 52.5 Å². The predicted molar refractivity (Wildman–Crippen MR) is 74.7 cm³/mol. The van der Waals surface area contributed by atoms with E-state index in [1.165, 1.54) is 30.4 Å². The third-order valence-corrected chi connectivity index (χ3v) is 4.65. The van der Waals surface area contributed by atoms with Gasteiger partial charge in [0.05, 0.1) is 5.54 Å². The Morgan fingerprint density at radius 3 is 2.29 bits per heavy atom. The van der Waals surface area contributed by atoms with Gasteiger partial charge >= 0.3 is 0 Å². The molecule has 2 atom stereocenters. The van der Waals surface area contributed by atoms with Crippen LogP contribution in [0.4, 0.5) is 0 Å². The van der Waals surface area contributed by atoms with Gasteiger partial charge in [-0.05, 0) is 48.7 Å². The molecule has 1 nitrogen and oxygen atoms in total. The van der Waals surface area contributed by atoms with Crippen molar-refractivity contribution in [3.63, 3.8) is 0 Å². The average Bonchev–Trinajstić information content (AvgIpc) is 2.38. The topological polar surface area (TPSA) is 26.0 Å². The molecule has 0 amide bonds. The molecule has 2 aliphatic carbocycles. The molecule has 94 valence electrons. The lowest BCUT2D eigenvalue weighted by atomic mass is 9.66. The summed E-state index contributed by atoms with van der Waals surface area (Å²) in [6, 6.07) is 0. The zero-order valence-electron chi connectivity index (χ0n) is 11.6. The van der Waals surface area contributed by atoms with E-state index in [0.717, 1.165) is 5.92 Å². The van der Waals surface area contributed by atoms with Gasteiger partial charge in [0.25, 0.3) is 0 Å². The van der Waals surface area contributed by atoms with Crippen LogP contribution < -0.4 is 5.73 Å². The first-order chi connectivity index (χ1) is 7.82. The number of allylic oxidation sites excluding steroid dienone is 4. The van der Waals surface area contributed by atoms with Crippen LogP contribution in [0.2, 0.25) is 0 Å². The maximum atomic E-state index is 6.16. The maximum Gasteiger partial charge on any atom is 0.0502 e. The fraction of sp³-hybridized carbons (Fsp3) is 0.625. The first kappa shape index (κ1) is 12.6. The molecule has 17 heavy (non-hydrogen) atoms. The number of hydrogen-bond acceptors (Lipinski definition) is 1. The summed E-state index contributed by atoms with van der Waals surface area (Å²) in [5.74, 6) is 0.737. The van der Waals surface area contributed by atoms with E-state index in [9.17, 15) is 0 Å². The normalized spacial score (nSPS) is 37.3. The second-order valence-electron chi connectivity index (χ2n) is 6.57. The fourth-order valence-electron chi connectivity index (χ4n) is 2.68. The Balaban J connectivity index is 2.29. The Kier molecular flexibility index (Phi) is 3.07. The second kappa shape index (κ2) is 4.13. The first-order valence-corrected chi connectivity index (χ1v) is 6.72. The van der Waals surface area contributed by atoms with Gasteiger partial charge in [0.1, 0.15) is 0 Å². The van der Waals surface area contributed by atoms with E-state index in [-0.39, 0.29) is 5.54 Å². The smallest absolute Gasteiger partial charge is 0.0502 e. The van der Waals surface area contributed by atoms with E-state index in [2.05, 4.69) is 52.0 Å². The predicted octanol–water partition coefficient (Wildman–Crippen LogP) is 3.97. The van der Waals surface area contributed by atoms with Crippen LogP contribution in [0.3, 0.4) is 0 Å². The summed E-state index contributed by atoms with van der Waals surface area (Å²) >= 11 is 0. The molecule has 0 spiro atoms. The summed E-state index contributed by atoms with van der Waals surface area (Å²) < 4.78 is 0. The van der Waals surface area contributed by atoms with Crippen molar-refractivity contribution < 1.29 is 0 Å². The van der Waals surface area contributed by atoms with Crippen LogP contribution in [0.1, 0.15) is 47.0 Å². The molecule has 0 fully saturated rings. The SMILES string of the molecule is CC(C)C1(C)CCC2=C(C=CC(C)(N)C=C2)C1. The van der Waals surface area contributed by atoms with E-state index in [4.69, 9.17) is 5.73 Å². The third kappa shape index (κ3) is 2.55. The minimum atomic E-state index is -0.286.